The molecule has 3 aliphatic rings. The van der Waals surface area contributed by atoms with Gasteiger partial charge in [0.2, 0.25) is 0 Å². The molecule has 3 heteroatoms. The zero-order chi connectivity index (χ0) is 18.2. The molecule has 25 heavy (non-hydrogen) atoms. The molecule has 1 aliphatic carbocycles. The zero-order valence-corrected chi connectivity index (χ0v) is 16.6. The van der Waals surface area contributed by atoms with Gasteiger partial charge in [0.1, 0.15) is 6.61 Å². The van der Waals surface area contributed by atoms with Crippen LogP contribution in [0.2, 0.25) is 0 Å². The third-order valence-electron chi connectivity index (χ3n) is 6.52. The van der Waals surface area contributed by atoms with Crippen LogP contribution in [0, 0.1) is 23.2 Å². The highest BCUT2D eigenvalue weighted by Gasteiger charge is 2.39. The summed E-state index contributed by atoms with van der Waals surface area (Å²) in [5, 5.41) is 0. The van der Waals surface area contributed by atoms with E-state index in [9.17, 15) is 4.79 Å². The van der Waals surface area contributed by atoms with E-state index in [1.165, 1.54) is 19.3 Å². The first kappa shape index (κ1) is 18.7. The van der Waals surface area contributed by atoms with Gasteiger partial charge in [-0.25, -0.2) is 4.79 Å². The number of esters is 1. The Morgan fingerprint density at radius 3 is 2.60 bits per heavy atom. The van der Waals surface area contributed by atoms with Crippen LogP contribution in [0.5, 0.6) is 0 Å². The quantitative estimate of drug-likeness (QED) is 0.491. The Bertz CT molecular complexity index is 582. The minimum Gasteiger partial charge on any atom is -0.458 e. The highest BCUT2D eigenvalue weighted by atomic mass is 16.5. The van der Waals surface area contributed by atoms with Gasteiger partial charge in [0, 0.05) is 11.5 Å². The normalized spacial score (nSPS) is 37.3. The summed E-state index contributed by atoms with van der Waals surface area (Å²) in [4.78, 5) is 12.1. The standard InChI is InChI=1S/C22H34O3/c1-15-13-16(18-9-12-24-20(18)23)14-25-22(4,5)11-8-19-17(15)7-6-10-21(19,2)3/h8-9,15-17H,6-7,10-14H2,1-5H3/b19-8+/t15?,16-,17?/m1/s1. The molecule has 2 unspecified atom stereocenters. The van der Waals surface area contributed by atoms with Crippen LogP contribution < -0.4 is 0 Å². The fraction of sp³-hybridized carbons (Fsp3) is 0.773. The maximum atomic E-state index is 12.1. The van der Waals surface area contributed by atoms with Crippen molar-refractivity contribution in [1.82, 2.24) is 0 Å². The van der Waals surface area contributed by atoms with Crippen LogP contribution in [0.15, 0.2) is 23.3 Å². The number of allylic oxidation sites excluding steroid dienone is 1. The average Bonchev–Trinajstić information content (AvgIpc) is 2.94. The number of hydrogen-bond acceptors (Lipinski definition) is 3. The fourth-order valence-corrected chi connectivity index (χ4v) is 4.93. The number of ether oxygens (including phenoxy) is 2. The molecule has 0 N–H and O–H groups in total. The fourth-order valence-electron chi connectivity index (χ4n) is 4.93. The van der Waals surface area contributed by atoms with E-state index in [2.05, 4.69) is 40.7 Å². The van der Waals surface area contributed by atoms with Crippen molar-refractivity contribution in [2.24, 2.45) is 23.2 Å². The second-order valence-corrected chi connectivity index (χ2v) is 9.48. The molecule has 0 spiro atoms. The van der Waals surface area contributed by atoms with Crippen LogP contribution in [-0.4, -0.2) is 24.8 Å². The molecule has 3 rings (SSSR count). The molecule has 0 aromatic rings. The van der Waals surface area contributed by atoms with Crippen molar-refractivity contribution in [3.63, 3.8) is 0 Å². The number of carbonyl (C=O) groups excluding carboxylic acids is 1. The van der Waals surface area contributed by atoms with Gasteiger partial charge >= 0.3 is 5.97 Å². The third kappa shape index (κ3) is 4.02. The Labute approximate surface area is 152 Å². The summed E-state index contributed by atoms with van der Waals surface area (Å²) >= 11 is 0. The van der Waals surface area contributed by atoms with Gasteiger partial charge in [-0.1, -0.05) is 38.8 Å². The summed E-state index contributed by atoms with van der Waals surface area (Å²) in [6, 6.07) is 0. The predicted octanol–water partition coefficient (Wildman–Crippen LogP) is 5.06. The molecule has 0 aromatic carbocycles. The number of cyclic esters (lactones) is 1. The highest BCUT2D eigenvalue weighted by Crippen LogP contribution is 2.48. The molecule has 3 atom stereocenters. The largest absolute Gasteiger partial charge is 0.458 e. The summed E-state index contributed by atoms with van der Waals surface area (Å²) in [5.41, 5.74) is 2.52. The summed E-state index contributed by atoms with van der Waals surface area (Å²) < 4.78 is 11.5. The summed E-state index contributed by atoms with van der Waals surface area (Å²) in [6.07, 6.45) is 10.2. The second-order valence-electron chi connectivity index (χ2n) is 9.48. The van der Waals surface area contributed by atoms with E-state index in [-0.39, 0.29) is 22.9 Å². The summed E-state index contributed by atoms with van der Waals surface area (Å²) in [6.45, 7) is 12.5. The van der Waals surface area contributed by atoms with Crippen molar-refractivity contribution in [3.05, 3.63) is 23.3 Å². The van der Waals surface area contributed by atoms with Gasteiger partial charge in [-0.3, -0.25) is 0 Å². The summed E-state index contributed by atoms with van der Waals surface area (Å²) in [5.74, 6) is 1.18. The first-order valence-corrected chi connectivity index (χ1v) is 9.91. The van der Waals surface area contributed by atoms with Crippen LogP contribution in [0.4, 0.5) is 0 Å². The Morgan fingerprint density at radius 1 is 1.16 bits per heavy atom. The van der Waals surface area contributed by atoms with Crippen molar-refractivity contribution in [2.75, 3.05) is 13.2 Å². The van der Waals surface area contributed by atoms with Gasteiger partial charge in [0.05, 0.1) is 12.2 Å². The molecule has 1 saturated carbocycles. The van der Waals surface area contributed by atoms with E-state index in [1.54, 1.807) is 5.57 Å². The van der Waals surface area contributed by atoms with Gasteiger partial charge in [-0.15, -0.1) is 0 Å². The number of rotatable bonds is 1. The van der Waals surface area contributed by atoms with Crippen molar-refractivity contribution in [2.45, 2.75) is 72.3 Å². The maximum absolute atomic E-state index is 12.1. The molecule has 0 aromatic heterocycles. The lowest BCUT2D eigenvalue weighted by Crippen LogP contribution is -2.35. The number of fused-ring (bicyclic) bond motifs is 1. The van der Waals surface area contributed by atoms with Gasteiger partial charge in [0.15, 0.2) is 0 Å². The van der Waals surface area contributed by atoms with Crippen molar-refractivity contribution < 1.29 is 14.3 Å². The molecule has 0 bridgehead atoms. The lowest BCUT2D eigenvalue weighted by molar-refractivity contribution is -0.137. The van der Waals surface area contributed by atoms with E-state index in [0.717, 1.165) is 18.4 Å². The molecule has 0 amide bonds. The van der Waals surface area contributed by atoms with Crippen LogP contribution >= 0.6 is 0 Å². The lowest BCUT2D eigenvalue weighted by Gasteiger charge is -2.44. The zero-order valence-electron chi connectivity index (χ0n) is 16.6. The van der Waals surface area contributed by atoms with E-state index in [0.29, 0.717) is 25.0 Å². The van der Waals surface area contributed by atoms with Crippen molar-refractivity contribution in [3.8, 4) is 0 Å². The minimum absolute atomic E-state index is 0.143. The van der Waals surface area contributed by atoms with Crippen molar-refractivity contribution in [1.29, 1.82) is 0 Å². The minimum atomic E-state index is -0.201. The molecule has 3 nitrogen and oxygen atoms in total. The SMILES string of the molecule is CC1C[C@@H](C2=CCOC2=O)COC(C)(C)C/C=C2\C1CCCC2(C)C. The van der Waals surface area contributed by atoms with Gasteiger partial charge in [-0.2, -0.15) is 0 Å². The van der Waals surface area contributed by atoms with E-state index >= 15 is 0 Å². The summed E-state index contributed by atoms with van der Waals surface area (Å²) in [7, 11) is 0. The number of hydrogen-bond donors (Lipinski definition) is 0. The predicted molar refractivity (Wildman–Crippen MR) is 100 cm³/mol. The maximum Gasteiger partial charge on any atom is 0.334 e. The average molecular weight is 347 g/mol. The van der Waals surface area contributed by atoms with Crippen LogP contribution in [0.1, 0.15) is 66.7 Å². The first-order valence-electron chi connectivity index (χ1n) is 9.91. The van der Waals surface area contributed by atoms with Gasteiger partial charge in [-0.05, 0) is 62.9 Å². The Morgan fingerprint density at radius 2 is 1.92 bits per heavy atom. The number of carbonyl (C=O) groups is 1. The Kier molecular flexibility index (Phi) is 5.16. The van der Waals surface area contributed by atoms with Crippen molar-refractivity contribution >= 4 is 5.97 Å². The van der Waals surface area contributed by atoms with Gasteiger partial charge in [0.25, 0.3) is 0 Å². The molecule has 0 radical (unpaired) electrons. The third-order valence-corrected chi connectivity index (χ3v) is 6.52. The Hall–Kier alpha value is -1.09. The second kappa shape index (κ2) is 6.90. The first-order chi connectivity index (χ1) is 11.7. The molecule has 2 aliphatic heterocycles. The molecule has 2 heterocycles. The van der Waals surface area contributed by atoms with Crippen LogP contribution in [-0.2, 0) is 14.3 Å². The molecular formula is C22H34O3. The lowest BCUT2D eigenvalue weighted by atomic mass is 9.63. The molecular weight excluding hydrogens is 312 g/mol. The van der Waals surface area contributed by atoms with E-state index in [1.807, 2.05) is 6.08 Å². The smallest absolute Gasteiger partial charge is 0.334 e. The molecule has 1 fully saturated rings. The molecule has 140 valence electrons. The van der Waals surface area contributed by atoms with E-state index < -0.39 is 0 Å². The highest BCUT2D eigenvalue weighted by molar-refractivity contribution is 5.91. The van der Waals surface area contributed by atoms with E-state index in [4.69, 9.17) is 9.47 Å². The topological polar surface area (TPSA) is 35.5 Å². The Balaban J connectivity index is 1.92. The monoisotopic (exact) mass is 346 g/mol. The molecule has 0 saturated heterocycles. The van der Waals surface area contributed by atoms with Gasteiger partial charge < -0.3 is 9.47 Å². The van der Waals surface area contributed by atoms with Crippen LogP contribution in [0.25, 0.3) is 0 Å². The van der Waals surface area contributed by atoms with Crippen LogP contribution in [0.3, 0.4) is 0 Å².